The Morgan fingerprint density at radius 1 is 0.155 bits per heavy atom. The lowest BCUT2D eigenvalue weighted by atomic mass is 9.96. The maximum Gasteiger partial charge on any atom is 0.164 e. The van der Waals surface area contributed by atoms with E-state index in [1.807, 2.05) is 72.8 Å². The molecule has 17 aromatic carbocycles. The fraction of sp³-hybridized carbons (Fsp3) is 0. The number of aromatic nitrogens is 6. The molecule has 514 valence electrons. The lowest BCUT2D eigenvalue weighted by molar-refractivity contribution is 0.669. The summed E-state index contributed by atoms with van der Waals surface area (Å²) in [5.74, 6) is 3.65. The second kappa shape index (κ2) is 27.9. The number of para-hydroxylation sites is 2. The van der Waals surface area contributed by atoms with Crippen LogP contribution >= 0.6 is 0 Å². The molecule has 0 aliphatic carbocycles. The SMILES string of the molecule is c1ccc(-c2ccc(-c3nc(-c4cc5ccccc5c5ccccc45)nc(-c4cccc5oc6c(-c7ccc(-c8ccccc8)cc7)cccc6c45)n3)cc2)cc1.c1ccc(-c2ccc(-c3nc(-c4ccccc4)nc(-c4cccc5oc6c(-c7ccc(-c8ccc9ccccc9c8)cc7)cccc6c45)n3)cc2)cc1. The van der Waals surface area contributed by atoms with Gasteiger partial charge in [0.1, 0.15) is 22.3 Å². The highest BCUT2D eigenvalue weighted by atomic mass is 16.3. The largest absolute Gasteiger partial charge is 0.455 e. The van der Waals surface area contributed by atoms with Crippen molar-refractivity contribution in [2.24, 2.45) is 0 Å². The molecule has 0 aliphatic rings. The van der Waals surface area contributed by atoms with Gasteiger partial charge in [-0.2, -0.15) is 0 Å². The van der Waals surface area contributed by atoms with Crippen molar-refractivity contribution in [1.82, 2.24) is 29.9 Å². The minimum absolute atomic E-state index is 0.588. The quantitative estimate of drug-likeness (QED) is 0.111. The summed E-state index contributed by atoms with van der Waals surface area (Å²) in [6.07, 6.45) is 0. The minimum Gasteiger partial charge on any atom is -0.455 e. The van der Waals surface area contributed by atoms with E-state index < -0.39 is 0 Å². The molecule has 0 fully saturated rings. The van der Waals surface area contributed by atoms with Crippen LogP contribution in [0.4, 0.5) is 0 Å². The Bertz CT molecular complexity index is 7030. The van der Waals surface area contributed by atoms with E-state index in [4.69, 9.17) is 38.7 Å². The second-order valence-electron chi connectivity index (χ2n) is 27.6. The summed E-state index contributed by atoms with van der Waals surface area (Å²) in [6.45, 7) is 0. The van der Waals surface area contributed by atoms with Crippen LogP contribution in [0.25, 0.3) is 211 Å². The van der Waals surface area contributed by atoms with Gasteiger partial charge >= 0.3 is 0 Å². The van der Waals surface area contributed by atoms with Gasteiger partial charge in [-0.15, -0.1) is 0 Å². The van der Waals surface area contributed by atoms with Crippen molar-refractivity contribution in [2.45, 2.75) is 0 Å². The predicted molar refractivity (Wildman–Crippen MR) is 452 cm³/mol. The number of hydrogen-bond donors (Lipinski definition) is 0. The molecule has 4 aromatic heterocycles. The Balaban J connectivity index is 0.000000144. The van der Waals surface area contributed by atoms with Crippen molar-refractivity contribution in [2.75, 3.05) is 0 Å². The van der Waals surface area contributed by atoms with Crippen molar-refractivity contribution >= 4 is 76.2 Å². The van der Waals surface area contributed by atoms with Crippen LogP contribution in [0.15, 0.2) is 397 Å². The Morgan fingerprint density at radius 3 is 0.927 bits per heavy atom. The minimum atomic E-state index is 0.588. The van der Waals surface area contributed by atoms with E-state index in [-0.39, 0.29) is 0 Å². The first-order chi connectivity index (χ1) is 54.5. The molecule has 21 aromatic rings. The summed E-state index contributed by atoms with van der Waals surface area (Å²) >= 11 is 0. The molecule has 0 saturated carbocycles. The van der Waals surface area contributed by atoms with E-state index >= 15 is 0 Å². The number of rotatable bonds is 12. The van der Waals surface area contributed by atoms with Crippen molar-refractivity contribution < 1.29 is 8.83 Å². The first kappa shape index (κ1) is 64.7. The molecule has 0 radical (unpaired) electrons. The fourth-order valence-corrected chi connectivity index (χ4v) is 15.4. The lowest BCUT2D eigenvalue weighted by Crippen LogP contribution is -2.01. The van der Waals surface area contributed by atoms with Crippen LogP contribution in [0.5, 0.6) is 0 Å². The van der Waals surface area contributed by atoms with E-state index in [1.54, 1.807) is 0 Å². The summed E-state index contributed by atoms with van der Waals surface area (Å²) < 4.78 is 13.4. The average molecular weight is 1410 g/mol. The molecular weight excluding hydrogens is 1340 g/mol. The molecule has 0 atom stereocenters. The highest BCUT2D eigenvalue weighted by molar-refractivity contribution is 6.17. The van der Waals surface area contributed by atoms with E-state index in [0.717, 1.165) is 132 Å². The lowest BCUT2D eigenvalue weighted by Gasteiger charge is -2.13. The summed E-state index contributed by atoms with van der Waals surface area (Å²) in [5, 5.41) is 11.0. The van der Waals surface area contributed by atoms with Gasteiger partial charge in [0.15, 0.2) is 34.9 Å². The second-order valence-corrected chi connectivity index (χ2v) is 27.6. The van der Waals surface area contributed by atoms with Crippen LogP contribution in [0, 0.1) is 0 Å². The standard InChI is InChI=1S/C53H33N3O.C49H31N3O/c1-3-13-34(14-4-1)36-25-29-38(30-26-36)42-21-11-22-45-49-46(23-12-24-48(49)57-50(42)45)52-54-51(39-31-27-37(28-32-39)35-15-5-2-6-16-35)55-53(56-52)47-33-40-17-7-8-18-41(40)43-19-9-10-20-44(43)47;1-3-11-32(12-4-1)34-23-28-38(29-24-34)48-50-47(37-14-5-2-6-15-37)51-49(52-48)43-19-10-20-44-45(43)42-18-9-17-41(46(42)53-44)36-26-21-35(22-27-36)40-30-25-33-13-7-8-16-39(33)31-40/h1-33H;1-31H. The topological polar surface area (TPSA) is 104 Å². The van der Waals surface area contributed by atoms with Crippen LogP contribution in [0.1, 0.15) is 0 Å². The van der Waals surface area contributed by atoms with Gasteiger partial charge in [0, 0.05) is 66.1 Å². The van der Waals surface area contributed by atoms with Crippen LogP contribution in [-0.2, 0) is 0 Å². The van der Waals surface area contributed by atoms with Crippen molar-refractivity contribution in [1.29, 1.82) is 0 Å². The molecule has 0 saturated heterocycles. The maximum atomic E-state index is 6.73. The molecular formula is C102H64N6O2. The van der Waals surface area contributed by atoms with Gasteiger partial charge in [0.2, 0.25) is 0 Å². The van der Waals surface area contributed by atoms with Crippen LogP contribution < -0.4 is 0 Å². The normalized spacial score (nSPS) is 11.5. The zero-order valence-electron chi connectivity index (χ0n) is 59.5. The first-order valence-electron chi connectivity index (χ1n) is 37.0. The van der Waals surface area contributed by atoms with Gasteiger partial charge in [0.25, 0.3) is 0 Å². The third kappa shape index (κ3) is 12.1. The Labute approximate surface area is 634 Å². The van der Waals surface area contributed by atoms with E-state index in [1.165, 1.54) is 44.0 Å². The molecule has 0 unspecified atom stereocenters. The predicted octanol–water partition coefficient (Wildman–Crippen LogP) is 27.0. The van der Waals surface area contributed by atoms with Crippen molar-refractivity contribution in [3.8, 4) is 135 Å². The Hall–Kier alpha value is -14.9. The van der Waals surface area contributed by atoms with E-state index in [0.29, 0.717) is 34.9 Å². The summed E-state index contributed by atoms with van der Waals surface area (Å²) in [5.41, 5.74) is 22.3. The smallest absolute Gasteiger partial charge is 0.164 e. The van der Waals surface area contributed by atoms with Gasteiger partial charge in [-0.1, -0.05) is 364 Å². The van der Waals surface area contributed by atoms with Crippen molar-refractivity contribution in [3.05, 3.63) is 388 Å². The Morgan fingerprint density at radius 2 is 0.455 bits per heavy atom. The van der Waals surface area contributed by atoms with Gasteiger partial charge in [-0.25, -0.2) is 29.9 Å². The molecule has 21 rings (SSSR count). The van der Waals surface area contributed by atoms with Crippen LogP contribution in [-0.4, -0.2) is 29.9 Å². The number of fused-ring (bicyclic) bond motifs is 10. The number of furan rings is 2. The molecule has 4 heterocycles. The van der Waals surface area contributed by atoms with Crippen LogP contribution in [0.3, 0.4) is 0 Å². The van der Waals surface area contributed by atoms with Crippen LogP contribution in [0.2, 0.25) is 0 Å². The number of hydrogen-bond acceptors (Lipinski definition) is 8. The fourth-order valence-electron chi connectivity index (χ4n) is 15.4. The molecule has 110 heavy (non-hydrogen) atoms. The molecule has 8 heteroatoms. The Kier molecular flexibility index (Phi) is 16.4. The molecule has 0 spiro atoms. The van der Waals surface area contributed by atoms with Gasteiger partial charge in [-0.05, 0) is 112 Å². The molecule has 0 aliphatic heterocycles. The average Bonchev–Trinajstić information content (AvgIpc) is 1.44. The highest BCUT2D eigenvalue weighted by Crippen LogP contribution is 2.45. The zero-order chi connectivity index (χ0) is 72.9. The van der Waals surface area contributed by atoms with Gasteiger partial charge in [0.05, 0.1) is 0 Å². The third-order valence-corrected chi connectivity index (χ3v) is 20.9. The summed E-state index contributed by atoms with van der Waals surface area (Å²) in [4.78, 5) is 30.9. The van der Waals surface area contributed by atoms with Crippen molar-refractivity contribution in [3.63, 3.8) is 0 Å². The van der Waals surface area contributed by atoms with Gasteiger partial charge < -0.3 is 8.83 Å². The molecule has 8 nitrogen and oxygen atoms in total. The first-order valence-corrected chi connectivity index (χ1v) is 37.0. The summed E-state index contributed by atoms with van der Waals surface area (Å²) in [6, 6.07) is 135. The number of nitrogens with zero attached hydrogens (tertiary/aromatic N) is 6. The molecule has 0 amide bonds. The third-order valence-electron chi connectivity index (χ3n) is 20.9. The number of benzene rings is 17. The van der Waals surface area contributed by atoms with Gasteiger partial charge in [-0.3, -0.25) is 0 Å². The zero-order valence-corrected chi connectivity index (χ0v) is 59.5. The molecule has 0 N–H and O–H groups in total. The van der Waals surface area contributed by atoms with E-state index in [9.17, 15) is 0 Å². The highest BCUT2D eigenvalue weighted by Gasteiger charge is 2.24. The van der Waals surface area contributed by atoms with E-state index in [2.05, 4.69) is 315 Å². The molecule has 0 bridgehead atoms. The maximum absolute atomic E-state index is 6.73. The monoisotopic (exact) mass is 1400 g/mol. The summed E-state index contributed by atoms with van der Waals surface area (Å²) in [7, 11) is 0.